The number of rotatable bonds is 8. The average Bonchev–Trinajstić information content (AvgIpc) is 3.40. The Bertz CT molecular complexity index is 1280. The topological polar surface area (TPSA) is 84.7 Å². The Morgan fingerprint density at radius 2 is 1.62 bits per heavy atom. The van der Waals surface area contributed by atoms with Crippen molar-refractivity contribution in [3.8, 4) is 11.4 Å². The van der Waals surface area contributed by atoms with Crippen molar-refractivity contribution in [2.24, 2.45) is 5.10 Å². The first-order chi connectivity index (χ1) is 16.6. The molecule has 0 aliphatic carbocycles. The van der Waals surface area contributed by atoms with E-state index in [0.717, 1.165) is 11.3 Å². The van der Waals surface area contributed by atoms with E-state index < -0.39 is 0 Å². The minimum Gasteiger partial charge on any atom is -0.484 e. The lowest BCUT2D eigenvalue weighted by Gasteiger charge is -2.09. The Morgan fingerprint density at radius 1 is 0.912 bits per heavy atom. The van der Waals surface area contributed by atoms with Crippen molar-refractivity contribution in [2.75, 3.05) is 11.9 Å². The molecule has 0 saturated carbocycles. The molecular formula is C26H21ClN4O3. The number of para-hydroxylation sites is 1. The molecular weight excluding hydrogens is 452 g/mol. The number of ether oxygens (including phenoxy) is 1. The molecule has 0 bridgehead atoms. The number of aromatic nitrogens is 1. The van der Waals surface area contributed by atoms with Crippen molar-refractivity contribution in [1.29, 1.82) is 0 Å². The van der Waals surface area contributed by atoms with Crippen LogP contribution in [0, 0.1) is 0 Å². The van der Waals surface area contributed by atoms with Gasteiger partial charge in [-0.15, -0.1) is 0 Å². The number of halogens is 1. The Labute approximate surface area is 201 Å². The first-order valence-electron chi connectivity index (χ1n) is 10.4. The molecule has 7 nitrogen and oxygen atoms in total. The van der Waals surface area contributed by atoms with Gasteiger partial charge in [-0.1, -0.05) is 23.7 Å². The van der Waals surface area contributed by atoms with Gasteiger partial charge in [-0.25, -0.2) is 5.43 Å². The van der Waals surface area contributed by atoms with Gasteiger partial charge in [-0.05, 0) is 78.4 Å². The van der Waals surface area contributed by atoms with Crippen LogP contribution in [-0.2, 0) is 4.79 Å². The second kappa shape index (κ2) is 11.0. The molecule has 4 rings (SSSR count). The number of anilines is 1. The lowest BCUT2D eigenvalue weighted by atomic mass is 10.1. The minimum absolute atomic E-state index is 0.132. The molecule has 0 spiro atoms. The lowest BCUT2D eigenvalue weighted by Crippen LogP contribution is -2.20. The van der Waals surface area contributed by atoms with Gasteiger partial charge in [0.25, 0.3) is 11.8 Å². The number of nitrogens with one attached hydrogen (secondary N) is 2. The zero-order valence-corrected chi connectivity index (χ0v) is 18.8. The van der Waals surface area contributed by atoms with Crippen LogP contribution in [0.15, 0.2) is 102 Å². The molecule has 3 aromatic carbocycles. The smallest absolute Gasteiger partial charge is 0.273 e. The van der Waals surface area contributed by atoms with E-state index in [-0.39, 0.29) is 18.4 Å². The standard InChI is InChI=1S/C26H21ClN4O3/c27-20-9-11-21(12-10-20)29-25(32)18-34-22-13-7-19(8-14-22)17-28-30-26(33)23-5-1-2-6-24(23)31-15-3-4-16-31/h1-17H,18H2,(H,29,32)(H,30,33)/b28-17-. The van der Waals surface area contributed by atoms with Gasteiger partial charge in [0.05, 0.1) is 17.5 Å². The van der Waals surface area contributed by atoms with Crippen molar-refractivity contribution in [1.82, 2.24) is 9.99 Å². The van der Waals surface area contributed by atoms with E-state index in [1.165, 1.54) is 6.21 Å². The fourth-order valence-electron chi connectivity index (χ4n) is 3.14. The highest BCUT2D eigenvalue weighted by atomic mass is 35.5. The van der Waals surface area contributed by atoms with Crippen LogP contribution >= 0.6 is 11.6 Å². The predicted octanol–water partition coefficient (Wildman–Crippen LogP) is 4.91. The molecule has 0 aliphatic rings. The quantitative estimate of drug-likeness (QED) is 0.282. The van der Waals surface area contributed by atoms with Crippen LogP contribution in [-0.4, -0.2) is 29.2 Å². The molecule has 2 N–H and O–H groups in total. The molecule has 8 heteroatoms. The molecule has 2 amide bonds. The van der Waals surface area contributed by atoms with Crippen molar-refractivity contribution in [3.05, 3.63) is 113 Å². The van der Waals surface area contributed by atoms with Crippen molar-refractivity contribution < 1.29 is 14.3 Å². The third-order valence-electron chi connectivity index (χ3n) is 4.79. The molecule has 0 radical (unpaired) electrons. The third kappa shape index (κ3) is 6.11. The van der Waals surface area contributed by atoms with E-state index in [1.807, 2.05) is 41.2 Å². The molecule has 0 atom stereocenters. The number of hydrogen-bond acceptors (Lipinski definition) is 4. The number of nitrogens with zero attached hydrogens (tertiary/aromatic N) is 2. The summed E-state index contributed by atoms with van der Waals surface area (Å²) in [7, 11) is 0. The highest BCUT2D eigenvalue weighted by Gasteiger charge is 2.11. The number of amides is 2. The van der Waals surface area contributed by atoms with E-state index in [2.05, 4.69) is 15.8 Å². The zero-order valence-electron chi connectivity index (χ0n) is 18.0. The first kappa shape index (κ1) is 22.8. The Balaban J connectivity index is 1.28. The van der Waals surface area contributed by atoms with E-state index in [9.17, 15) is 9.59 Å². The monoisotopic (exact) mass is 472 g/mol. The van der Waals surface area contributed by atoms with Crippen LogP contribution in [0.25, 0.3) is 5.69 Å². The number of hydrazone groups is 1. The van der Waals surface area contributed by atoms with Crippen molar-refractivity contribution >= 4 is 35.3 Å². The zero-order chi connectivity index (χ0) is 23.8. The fourth-order valence-corrected chi connectivity index (χ4v) is 3.27. The molecule has 0 fully saturated rings. The van der Waals surface area contributed by atoms with Crippen molar-refractivity contribution in [2.45, 2.75) is 0 Å². The Morgan fingerprint density at radius 3 is 2.35 bits per heavy atom. The summed E-state index contributed by atoms with van der Waals surface area (Å²) in [5.41, 5.74) is 5.23. The summed E-state index contributed by atoms with van der Waals surface area (Å²) in [5, 5.41) is 7.38. The molecule has 0 unspecified atom stereocenters. The highest BCUT2D eigenvalue weighted by molar-refractivity contribution is 6.30. The molecule has 170 valence electrons. The van der Waals surface area contributed by atoms with Crippen LogP contribution < -0.4 is 15.5 Å². The van der Waals surface area contributed by atoms with Gasteiger partial charge >= 0.3 is 0 Å². The van der Waals surface area contributed by atoms with Gasteiger partial charge in [0, 0.05) is 23.1 Å². The van der Waals surface area contributed by atoms with Gasteiger partial charge < -0.3 is 14.6 Å². The van der Waals surface area contributed by atoms with E-state index in [1.54, 1.807) is 60.7 Å². The average molecular weight is 473 g/mol. The second-order valence-electron chi connectivity index (χ2n) is 7.22. The van der Waals surface area contributed by atoms with E-state index in [0.29, 0.717) is 22.0 Å². The number of benzene rings is 3. The van der Waals surface area contributed by atoms with Crippen molar-refractivity contribution in [3.63, 3.8) is 0 Å². The predicted molar refractivity (Wildman–Crippen MR) is 133 cm³/mol. The molecule has 1 aromatic heterocycles. The van der Waals surface area contributed by atoms with Gasteiger partial charge in [-0.2, -0.15) is 5.10 Å². The summed E-state index contributed by atoms with van der Waals surface area (Å²) in [4.78, 5) is 24.6. The van der Waals surface area contributed by atoms with Crippen LogP contribution in [0.2, 0.25) is 5.02 Å². The number of carbonyl (C=O) groups excluding carboxylic acids is 2. The first-order valence-corrected chi connectivity index (χ1v) is 10.8. The minimum atomic E-state index is -0.313. The Hall–Kier alpha value is -4.36. The maximum atomic E-state index is 12.6. The van der Waals surface area contributed by atoms with Crippen LogP contribution in [0.3, 0.4) is 0 Å². The van der Waals surface area contributed by atoms with Crippen LogP contribution in [0.4, 0.5) is 5.69 Å². The maximum absolute atomic E-state index is 12.6. The molecule has 4 aromatic rings. The summed E-state index contributed by atoms with van der Waals surface area (Å²) in [6, 6.07) is 24.9. The van der Waals surface area contributed by atoms with Gasteiger partial charge in [0.15, 0.2) is 6.61 Å². The van der Waals surface area contributed by atoms with Gasteiger partial charge in [0.2, 0.25) is 0 Å². The van der Waals surface area contributed by atoms with Crippen LogP contribution in [0.1, 0.15) is 15.9 Å². The van der Waals surface area contributed by atoms with E-state index >= 15 is 0 Å². The second-order valence-corrected chi connectivity index (χ2v) is 7.66. The normalized spacial score (nSPS) is 10.7. The molecule has 0 saturated heterocycles. The fraction of sp³-hybridized carbons (Fsp3) is 0.0385. The van der Waals surface area contributed by atoms with E-state index in [4.69, 9.17) is 16.3 Å². The van der Waals surface area contributed by atoms with Gasteiger partial charge in [0.1, 0.15) is 5.75 Å². The SMILES string of the molecule is O=C(COc1ccc(/C=N\NC(=O)c2ccccc2-n2cccc2)cc1)Nc1ccc(Cl)cc1. The molecule has 0 aliphatic heterocycles. The third-order valence-corrected chi connectivity index (χ3v) is 5.04. The maximum Gasteiger partial charge on any atom is 0.273 e. The van der Waals surface area contributed by atoms with Crippen LogP contribution in [0.5, 0.6) is 5.75 Å². The summed E-state index contributed by atoms with van der Waals surface area (Å²) >= 11 is 5.83. The molecule has 1 heterocycles. The number of hydrogen-bond donors (Lipinski definition) is 2. The summed E-state index contributed by atoms with van der Waals surface area (Å²) in [6.45, 7) is -0.132. The summed E-state index contributed by atoms with van der Waals surface area (Å²) in [6.07, 6.45) is 5.29. The van der Waals surface area contributed by atoms with Gasteiger partial charge in [-0.3, -0.25) is 9.59 Å². The highest BCUT2D eigenvalue weighted by Crippen LogP contribution is 2.16. The summed E-state index contributed by atoms with van der Waals surface area (Å²) in [5.74, 6) is -0.0591. The number of carbonyl (C=O) groups is 2. The lowest BCUT2D eigenvalue weighted by molar-refractivity contribution is -0.118. The summed E-state index contributed by atoms with van der Waals surface area (Å²) < 4.78 is 7.38. The largest absolute Gasteiger partial charge is 0.484 e. The Kier molecular flexibility index (Phi) is 7.37. The molecule has 34 heavy (non-hydrogen) atoms.